The van der Waals surface area contributed by atoms with E-state index in [2.05, 4.69) is 4.72 Å². The van der Waals surface area contributed by atoms with Crippen molar-refractivity contribution in [1.29, 1.82) is 0 Å². The number of sulfonamides is 2. The van der Waals surface area contributed by atoms with Crippen LogP contribution in [0.2, 0.25) is 0 Å². The van der Waals surface area contributed by atoms with Crippen LogP contribution in [0, 0.1) is 10.1 Å². The van der Waals surface area contributed by atoms with Crippen LogP contribution in [0.4, 0.5) is 11.4 Å². The van der Waals surface area contributed by atoms with Gasteiger partial charge in [0.2, 0.25) is 10.0 Å². The minimum atomic E-state index is -4.22. The second kappa shape index (κ2) is 8.09. The third-order valence-electron chi connectivity index (χ3n) is 4.81. The molecule has 0 spiro atoms. The van der Waals surface area contributed by atoms with Crippen LogP contribution in [0.3, 0.4) is 0 Å². The van der Waals surface area contributed by atoms with Gasteiger partial charge in [-0.3, -0.25) is 14.8 Å². The van der Waals surface area contributed by atoms with Crippen molar-refractivity contribution < 1.29 is 21.8 Å². The molecule has 0 bridgehead atoms. The van der Waals surface area contributed by atoms with Gasteiger partial charge in [-0.05, 0) is 50.1 Å². The first-order chi connectivity index (χ1) is 13.6. The smallest absolute Gasteiger partial charge is 0.279 e. The Morgan fingerprint density at radius 2 is 1.69 bits per heavy atom. The van der Waals surface area contributed by atoms with Gasteiger partial charge in [0, 0.05) is 24.3 Å². The normalized spacial score (nSPS) is 18.3. The lowest BCUT2D eigenvalue weighted by molar-refractivity contribution is -0.387. The summed E-state index contributed by atoms with van der Waals surface area (Å²) in [6, 6.07) is 10.2. The molecule has 1 unspecified atom stereocenters. The Morgan fingerprint density at radius 3 is 2.31 bits per heavy atom. The molecule has 3 rings (SSSR count). The van der Waals surface area contributed by atoms with Gasteiger partial charge in [0.05, 0.1) is 9.82 Å². The van der Waals surface area contributed by atoms with Crippen molar-refractivity contribution in [3.63, 3.8) is 0 Å². The van der Waals surface area contributed by atoms with E-state index in [9.17, 15) is 26.9 Å². The number of piperidine rings is 1. The molecule has 0 radical (unpaired) electrons. The van der Waals surface area contributed by atoms with Crippen molar-refractivity contribution in [2.45, 2.75) is 42.0 Å². The molecule has 0 saturated carbocycles. The van der Waals surface area contributed by atoms with Gasteiger partial charge >= 0.3 is 0 Å². The van der Waals surface area contributed by atoms with Gasteiger partial charge in [-0.15, -0.1) is 0 Å². The Kier molecular flexibility index (Phi) is 5.92. The summed E-state index contributed by atoms with van der Waals surface area (Å²) in [5.74, 6) is 0. The Balaban J connectivity index is 1.85. The molecule has 1 aliphatic rings. The fourth-order valence-corrected chi connectivity index (χ4v) is 6.24. The van der Waals surface area contributed by atoms with Crippen molar-refractivity contribution in [1.82, 2.24) is 4.31 Å². The first-order valence-electron chi connectivity index (χ1n) is 9.01. The van der Waals surface area contributed by atoms with Gasteiger partial charge in [-0.1, -0.05) is 18.6 Å². The van der Waals surface area contributed by atoms with Crippen LogP contribution >= 0.6 is 0 Å². The van der Waals surface area contributed by atoms with Crippen molar-refractivity contribution >= 4 is 31.4 Å². The van der Waals surface area contributed by atoms with Gasteiger partial charge in [0.15, 0.2) is 4.90 Å². The van der Waals surface area contributed by atoms with E-state index in [-0.39, 0.29) is 16.6 Å². The number of rotatable bonds is 6. The number of nitrogens with zero attached hydrogens (tertiary/aromatic N) is 2. The molecule has 156 valence electrons. The lowest BCUT2D eigenvalue weighted by Crippen LogP contribution is -2.41. The largest absolute Gasteiger partial charge is 0.289 e. The molecule has 29 heavy (non-hydrogen) atoms. The number of nitro benzene ring substituents is 1. The molecule has 9 nitrogen and oxygen atoms in total. The SMILES string of the molecule is CC1CCCCN1S(=O)(=O)c1ccc(NS(=O)(=O)c2ccccc2[N+](=O)[O-])cc1. The van der Waals surface area contributed by atoms with E-state index in [1.165, 1.54) is 40.7 Å². The van der Waals surface area contributed by atoms with Crippen molar-refractivity contribution in [3.8, 4) is 0 Å². The van der Waals surface area contributed by atoms with Gasteiger partial charge in [-0.2, -0.15) is 4.31 Å². The summed E-state index contributed by atoms with van der Waals surface area (Å²) in [6.45, 7) is 2.32. The molecule has 0 aliphatic carbocycles. The average Bonchev–Trinajstić information content (AvgIpc) is 2.68. The quantitative estimate of drug-likeness (QED) is 0.545. The Hall–Kier alpha value is -2.50. The Morgan fingerprint density at radius 1 is 1.03 bits per heavy atom. The topological polar surface area (TPSA) is 127 Å². The van der Waals surface area contributed by atoms with Crippen molar-refractivity contribution in [3.05, 3.63) is 58.6 Å². The Labute approximate surface area is 169 Å². The number of nitrogens with one attached hydrogen (secondary N) is 1. The minimum absolute atomic E-state index is 0.0693. The molecular weight excluding hydrogens is 418 g/mol. The maximum absolute atomic E-state index is 12.8. The molecule has 1 N–H and O–H groups in total. The minimum Gasteiger partial charge on any atom is -0.279 e. The summed E-state index contributed by atoms with van der Waals surface area (Å²) >= 11 is 0. The summed E-state index contributed by atoms with van der Waals surface area (Å²) < 4.78 is 54.5. The van der Waals surface area contributed by atoms with Crippen LogP contribution in [0.1, 0.15) is 26.2 Å². The molecule has 1 fully saturated rings. The van der Waals surface area contributed by atoms with Crippen LogP contribution in [-0.4, -0.2) is 38.7 Å². The van der Waals surface area contributed by atoms with E-state index >= 15 is 0 Å². The van der Waals surface area contributed by atoms with Gasteiger partial charge in [0.25, 0.3) is 15.7 Å². The van der Waals surface area contributed by atoms with E-state index < -0.39 is 35.6 Å². The van der Waals surface area contributed by atoms with Gasteiger partial charge in [-0.25, -0.2) is 16.8 Å². The third-order valence-corrected chi connectivity index (χ3v) is 8.26. The molecule has 2 aromatic carbocycles. The Bertz CT molecular complexity index is 1110. The summed E-state index contributed by atoms with van der Waals surface area (Å²) in [5, 5.41) is 11.1. The highest BCUT2D eigenvalue weighted by Gasteiger charge is 2.31. The zero-order valence-electron chi connectivity index (χ0n) is 15.7. The van der Waals surface area contributed by atoms with Crippen LogP contribution < -0.4 is 4.72 Å². The summed E-state index contributed by atoms with van der Waals surface area (Å²) in [4.78, 5) is 9.92. The fourth-order valence-electron chi connectivity index (χ4n) is 3.30. The predicted octanol–water partition coefficient (Wildman–Crippen LogP) is 2.96. The number of nitro groups is 1. The highest BCUT2D eigenvalue weighted by Crippen LogP contribution is 2.28. The molecule has 1 atom stereocenters. The molecule has 1 aliphatic heterocycles. The molecular formula is C18H21N3O6S2. The van der Waals surface area contributed by atoms with Gasteiger partial charge < -0.3 is 0 Å². The molecule has 1 saturated heterocycles. The highest BCUT2D eigenvalue weighted by atomic mass is 32.2. The first-order valence-corrected chi connectivity index (χ1v) is 11.9. The van der Waals surface area contributed by atoms with E-state index in [4.69, 9.17) is 0 Å². The monoisotopic (exact) mass is 439 g/mol. The lowest BCUT2D eigenvalue weighted by Gasteiger charge is -2.32. The molecule has 1 heterocycles. The second-order valence-electron chi connectivity index (χ2n) is 6.82. The number of anilines is 1. The summed E-state index contributed by atoms with van der Waals surface area (Å²) in [7, 11) is -7.89. The van der Waals surface area contributed by atoms with Crippen LogP contribution in [0.25, 0.3) is 0 Å². The third kappa shape index (κ3) is 4.41. The zero-order valence-corrected chi connectivity index (χ0v) is 17.3. The number of hydrogen-bond donors (Lipinski definition) is 1. The number of benzene rings is 2. The highest BCUT2D eigenvalue weighted by molar-refractivity contribution is 7.93. The van der Waals surface area contributed by atoms with E-state index in [1.54, 1.807) is 0 Å². The van der Waals surface area contributed by atoms with Crippen LogP contribution in [0.15, 0.2) is 58.3 Å². The molecule has 11 heteroatoms. The fraction of sp³-hybridized carbons (Fsp3) is 0.333. The zero-order chi connectivity index (χ0) is 21.2. The number of hydrogen-bond acceptors (Lipinski definition) is 6. The van der Waals surface area contributed by atoms with E-state index in [0.717, 1.165) is 31.4 Å². The van der Waals surface area contributed by atoms with Crippen molar-refractivity contribution in [2.75, 3.05) is 11.3 Å². The maximum Gasteiger partial charge on any atom is 0.289 e. The maximum atomic E-state index is 12.8. The van der Waals surface area contributed by atoms with Crippen molar-refractivity contribution in [2.24, 2.45) is 0 Å². The van der Waals surface area contributed by atoms with Gasteiger partial charge in [0.1, 0.15) is 0 Å². The van der Waals surface area contributed by atoms with Crippen LogP contribution in [0.5, 0.6) is 0 Å². The molecule has 0 amide bonds. The standard InChI is InChI=1S/C18H21N3O6S2/c1-14-6-4-5-13-20(14)29(26,27)16-11-9-15(10-12-16)19-28(24,25)18-8-3-2-7-17(18)21(22)23/h2-3,7-12,14,19H,4-6,13H2,1H3. The average molecular weight is 440 g/mol. The lowest BCUT2D eigenvalue weighted by atomic mass is 10.1. The van der Waals surface area contributed by atoms with Crippen LogP contribution in [-0.2, 0) is 20.0 Å². The summed E-state index contributed by atoms with van der Waals surface area (Å²) in [5.41, 5.74) is -0.438. The van der Waals surface area contributed by atoms with E-state index in [0.29, 0.717) is 6.54 Å². The summed E-state index contributed by atoms with van der Waals surface area (Å²) in [6.07, 6.45) is 2.59. The predicted molar refractivity (Wildman–Crippen MR) is 108 cm³/mol. The second-order valence-corrected chi connectivity index (χ2v) is 10.4. The molecule has 2 aromatic rings. The number of para-hydroxylation sites is 1. The molecule has 0 aromatic heterocycles. The van der Waals surface area contributed by atoms with E-state index in [1.807, 2.05) is 6.92 Å². The first kappa shape index (κ1) is 21.2.